The van der Waals surface area contributed by atoms with Crippen LogP contribution in [-0.4, -0.2) is 282 Å². The van der Waals surface area contributed by atoms with E-state index in [1.165, 1.54) is 14.7 Å². The summed E-state index contributed by atoms with van der Waals surface area (Å²) in [6.45, 7) is -4.94. The molecule has 0 aromatic heterocycles. The van der Waals surface area contributed by atoms with Crippen molar-refractivity contribution >= 4 is 327 Å². The number of aliphatic hydroxyl groups is 6. The van der Waals surface area contributed by atoms with E-state index in [1.807, 2.05) is 0 Å². The van der Waals surface area contributed by atoms with Gasteiger partial charge in [-0.1, -0.05) is 0 Å². The first-order valence-corrected chi connectivity index (χ1v) is 29.3. The maximum Gasteiger partial charge on any atom is 0.256 e. The summed E-state index contributed by atoms with van der Waals surface area (Å²) in [5, 5.41) is 99.3. The van der Waals surface area contributed by atoms with E-state index < -0.39 is 110 Å². The molecule has 0 atom stereocenters. The van der Waals surface area contributed by atoms with Gasteiger partial charge in [-0.05, 0) is 203 Å². The first kappa shape index (κ1) is 73.2. The van der Waals surface area contributed by atoms with Gasteiger partial charge >= 0.3 is 0 Å². The molecule has 3 radical (unpaired) electrons. The molecule has 12 N–H and O–H groups in total. The molecule has 3 aromatic carbocycles. The van der Waals surface area contributed by atoms with Crippen molar-refractivity contribution in [2.45, 2.75) is 18.1 Å². The fourth-order valence-corrected chi connectivity index (χ4v) is 18.8. The maximum absolute atomic E-state index is 14.9. The van der Waals surface area contributed by atoms with Gasteiger partial charge in [-0.25, -0.2) is 0 Å². The summed E-state index contributed by atoms with van der Waals surface area (Å²) in [6, 6.07) is -3.20. The Balaban J connectivity index is 0.00000864. The number of carbonyl (C=O) groups excluding carboxylic acids is 6. The van der Waals surface area contributed by atoms with Gasteiger partial charge in [0.2, 0.25) is 0 Å². The van der Waals surface area contributed by atoms with E-state index in [2.05, 4.69) is 16.0 Å². The van der Waals surface area contributed by atoms with Gasteiger partial charge in [-0.15, -0.1) is 0 Å². The summed E-state index contributed by atoms with van der Waals surface area (Å²) in [5.74, 6) is -5.86. The molecule has 1 saturated heterocycles. The normalized spacial score (nSPS) is 12.8. The standard InChI is InChI=1S/C39H39I9N6O15.3Na/c40-22-16(34(64)49-13(7-55)8-56)25(43)31(61)28(46)19(22)37(67)52-1-2-53(38(68)20-23(41)17(26(44)32(62)29(20)47)35(65)50-14(9-57)10-58)5-6-54(4-3-52)39(69)21-24(42)18(27(45)33(63)30(21)48)36(66)51-15(11-59)12-60;;;/h13-15,55-63H,1-12H2,(H,49,64)(H,50,65)(H,51,66);;;. The van der Waals surface area contributed by atoms with E-state index in [1.54, 1.807) is 203 Å². The van der Waals surface area contributed by atoms with Gasteiger partial charge in [-0.3, -0.25) is 28.8 Å². The maximum atomic E-state index is 14.9. The second-order valence-electron chi connectivity index (χ2n) is 14.6. The van der Waals surface area contributed by atoms with E-state index in [-0.39, 0.29) is 193 Å². The monoisotopic (exact) mass is 2040 g/mol. The van der Waals surface area contributed by atoms with Crippen molar-refractivity contribution in [1.29, 1.82) is 0 Å². The molecule has 0 aliphatic carbocycles. The molecule has 21 nitrogen and oxygen atoms in total. The van der Waals surface area contributed by atoms with Crippen molar-refractivity contribution in [3.8, 4) is 17.2 Å². The summed E-state index contributed by atoms with van der Waals surface area (Å²) in [7, 11) is 0. The van der Waals surface area contributed by atoms with Crippen LogP contribution in [0.2, 0.25) is 0 Å². The third-order valence-corrected chi connectivity index (χ3v) is 19.9. The number of carbonyl (C=O) groups is 6. The fraction of sp³-hybridized carbons (Fsp3) is 0.385. The van der Waals surface area contributed by atoms with Crippen LogP contribution in [0.25, 0.3) is 0 Å². The van der Waals surface area contributed by atoms with Crippen LogP contribution in [0.3, 0.4) is 0 Å². The minimum atomic E-state index is -1.07. The Morgan fingerprint density at radius 2 is 0.514 bits per heavy atom. The van der Waals surface area contributed by atoms with Gasteiger partial charge in [0.05, 0.1) is 113 Å². The molecule has 4 rings (SSSR count). The number of rotatable bonds is 15. The summed E-state index contributed by atoms with van der Waals surface area (Å²) in [4.78, 5) is 89.4. The second kappa shape index (κ2) is 34.0. The molecule has 3 aromatic rings. The Morgan fingerprint density at radius 3 is 0.681 bits per heavy atom. The van der Waals surface area contributed by atoms with E-state index in [0.717, 1.165) is 0 Å². The Labute approximate surface area is 601 Å². The summed E-state index contributed by atoms with van der Waals surface area (Å²) >= 11 is 15.9. The molecule has 0 unspecified atom stereocenters. The average Bonchev–Trinajstić information content (AvgIpc) is 3.43. The van der Waals surface area contributed by atoms with Gasteiger partial charge in [0.15, 0.2) is 0 Å². The Morgan fingerprint density at radius 1 is 0.347 bits per heavy atom. The zero-order chi connectivity index (χ0) is 51.9. The average molecular weight is 2040 g/mol. The minimum Gasteiger partial charge on any atom is -0.506 e. The molecule has 0 saturated carbocycles. The third kappa shape index (κ3) is 16.9. The molecule has 0 spiro atoms. The second-order valence-corrected chi connectivity index (χ2v) is 24.3. The first-order chi connectivity index (χ1) is 32.5. The Bertz CT molecular complexity index is 2270. The summed E-state index contributed by atoms with van der Waals surface area (Å²) in [6.07, 6.45) is 0. The topological polar surface area (TPSA) is 330 Å². The third-order valence-electron chi connectivity index (χ3n) is 10.3. The number of nitrogens with one attached hydrogen (secondary N) is 3. The molecule has 1 heterocycles. The predicted molar refractivity (Wildman–Crippen MR) is 340 cm³/mol. The summed E-state index contributed by atoms with van der Waals surface area (Å²) in [5.41, 5.74) is -0.716. The number of nitrogens with zero attached hydrogens (tertiary/aromatic N) is 3. The Kier molecular flexibility index (Phi) is 34.5. The van der Waals surface area contributed by atoms with Gasteiger partial charge in [0.25, 0.3) is 35.4 Å². The van der Waals surface area contributed by atoms with Crippen LogP contribution < -0.4 is 16.0 Å². The number of phenols is 3. The number of aromatic hydroxyl groups is 3. The quantitative estimate of drug-likeness (QED) is 0.0749. The van der Waals surface area contributed by atoms with E-state index >= 15 is 0 Å². The van der Waals surface area contributed by atoms with E-state index in [9.17, 15) is 74.7 Å². The van der Waals surface area contributed by atoms with Crippen molar-refractivity contribution < 1.29 is 74.7 Å². The van der Waals surface area contributed by atoms with Crippen LogP contribution in [0.15, 0.2) is 0 Å². The van der Waals surface area contributed by atoms with Crippen LogP contribution in [0.4, 0.5) is 0 Å². The van der Waals surface area contributed by atoms with Crippen molar-refractivity contribution in [2.24, 2.45) is 0 Å². The fourth-order valence-electron chi connectivity index (χ4n) is 6.48. The van der Waals surface area contributed by atoms with Crippen LogP contribution in [-0.2, 0) is 0 Å². The molecular weight excluding hydrogens is 2000 g/mol. The van der Waals surface area contributed by atoms with Gasteiger partial charge in [0, 0.05) is 139 Å². The minimum absolute atomic E-state index is 0. The Hall–Kier alpha value is 3.21. The first-order valence-electron chi connectivity index (χ1n) is 19.6. The zero-order valence-corrected chi connectivity index (χ0v) is 63.4. The van der Waals surface area contributed by atoms with Crippen molar-refractivity contribution in [2.75, 3.05) is 78.9 Å². The summed E-state index contributed by atoms with van der Waals surface area (Å²) < 4.78 is 0.703. The smallest absolute Gasteiger partial charge is 0.256 e. The van der Waals surface area contributed by atoms with E-state index in [0.29, 0.717) is 0 Å². The molecule has 33 heteroatoms. The largest absolute Gasteiger partial charge is 0.506 e. The molecule has 1 aliphatic heterocycles. The number of phenolic OH excluding ortho intramolecular Hbond substituents is 3. The SMILES string of the molecule is O=C(NC(CO)CO)c1c(I)c(O)c(I)c(C(=O)N2CCN(C(=O)c3c(I)c(O)c(I)c(C(=O)NC(CO)CO)c3I)CCN(C(=O)c3c(I)c(O)c(I)c(C(=O)NC(CO)CO)c3I)CC2)c1I.[Na].[Na].[Na]. The van der Waals surface area contributed by atoms with Crippen LogP contribution >= 0.6 is 203 Å². The number of aliphatic hydroxyl groups excluding tert-OH is 6. The molecular formula is C39H39I9N6Na3O15. The van der Waals surface area contributed by atoms with E-state index in [4.69, 9.17) is 0 Å². The van der Waals surface area contributed by atoms with Crippen LogP contribution in [0.5, 0.6) is 17.2 Å². The van der Waals surface area contributed by atoms with Gasteiger partial charge in [-0.2, -0.15) is 0 Å². The molecule has 1 aliphatic rings. The van der Waals surface area contributed by atoms with Crippen molar-refractivity contribution in [3.05, 3.63) is 65.5 Å². The number of benzene rings is 3. The van der Waals surface area contributed by atoms with Gasteiger partial charge in [0.1, 0.15) is 17.2 Å². The molecule has 1 fully saturated rings. The number of halogens is 9. The van der Waals surface area contributed by atoms with Crippen LogP contribution in [0.1, 0.15) is 62.1 Å². The molecule has 381 valence electrons. The predicted octanol–water partition coefficient (Wildman–Crippen LogP) is 1.09. The van der Waals surface area contributed by atoms with Crippen molar-refractivity contribution in [3.63, 3.8) is 0 Å². The van der Waals surface area contributed by atoms with Gasteiger partial charge < -0.3 is 76.6 Å². The number of hydrogen-bond donors (Lipinski definition) is 12. The molecule has 72 heavy (non-hydrogen) atoms. The zero-order valence-electron chi connectivity index (χ0n) is 37.9. The number of hydrogen-bond acceptors (Lipinski definition) is 15. The van der Waals surface area contributed by atoms with Crippen molar-refractivity contribution in [1.82, 2.24) is 30.7 Å². The number of amides is 6. The molecule has 6 amide bonds. The molecule has 0 bridgehead atoms. The van der Waals surface area contributed by atoms with Crippen LogP contribution in [0, 0.1) is 32.1 Å².